The Balaban J connectivity index is 1.83. The summed E-state index contributed by atoms with van der Waals surface area (Å²) in [6.07, 6.45) is -3.69. The molecule has 10 heteroatoms. The Bertz CT molecular complexity index is 747. The number of rotatable bonds is 8. The molecule has 0 saturated heterocycles. The number of alkyl halides is 3. The van der Waals surface area contributed by atoms with Crippen molar-refractivity contribution in [3.05, 3.63) is 46.3 Å². The summed E-state index contributed by atoms with van der Waals surface area (Å²) in [6.45, 7) is 4.95. The average Bonchev–Trinajstić information content (AvgIpc) is 3.18. The van der Waals surface area contributed by atoms with E-state index in [9.17, 15) is 18.3 Å². The molecular weight excluding hydrogens is 393 g/mol. The first kappa shape index (κ1) is 22.0. The molecule has 0 fully saturated rings. The minimum Gasteiger partial charge on any atom is -0.476 e. The lowest BCUT2D eigenvalue weighted by atomic mass is 10.00. The SMILES string of the molecule is CCNC(=NCC(C)(O)c1ccsc1)NCCOc1ccc(C(F)(F)F)cn1. The lowest BCUT2D eigenvalue weighted by molar-refractivity contribution is -0.137. The second-order valence-electron chi connectivity index (χ2n) is 6.14. The van der Waals surface area contributed by atoms with Crippen molar-refractivity contribution in [2.24, 2.45) is 4.99 Å². The van der Waals surface area contributed by atoms with E-state index in [0.717, 1.165) is 17.8 Å². The summed E-state index contributed by atoms with van der Waals surface area (Å²) in [7, 11) is 0. The molecule has 2 heterocycles. The number of hydrogen-bond donors (Lipinski definition) is 3. The number of pyridine rings is 1. The highest BCUT2D eigenvalue weighted by Crippen LogP contribution is 2.29. The van der Waals surface area contributed by atoms with Crippen LogP contribution in [0, 0.1) is 0 Å². The number of ether oxygens (including phenoxy) is 1. The maximum absolute atomic E-state index is 12.5. The van der Waals surface area contributed by atoms with Crippen molar-refractivity contribution in [2.75, 3.05) is 26.2 Å². The molecule has 3 N–H and O–H groups in total. The van der Waals surface area contributed by atoms with Gasteiger partial charge in [0.15, 0.2) is 5.96 Å². The van der Waals surface area contributed by atoms with Crippen molar-refractivity contribution in [3.8, 4) is 5.88 Å². The smallest absolute Gasteiger partial charge is 0.417 e. The Morgan fingerprint density at radius 2 is 2.04 bits per heavy atom. The van der Waals surface area contributed by atoms with E-state index >= 15 is 0 Å². The Morgan fingerprint density at radius 3 is 2.61 bits per heavy atom. The fraction of sp³-hybridized carbons (Fsp3) is 0.444. The molecule has 0 aliphatic heterocycles. The number of aliphatic hydroxyl groups is 1. The second-order valence-corrected chi connectivity index (χ2v) is 6.92. The molecule has 0 bridgehead atoms. The molecule has 0 spiro atoms. The first-order valence-corrected chi connectivity index (χ1v) is 9.60. The Labute approximate surface area is 165 Å². The number of thiophene rings is 1. The lowest BCUT2D eigenvalue weighted by Crippen LogP contribution is -2.40. The van der Waals surface area contributed by atoms with Gasteiger partial charge in [-0.05, 0) is 42.3 Å². The van der Waals surface area contributed by atoms with Crippen LogP contribution in [0.1, 0.15) is 25.0 Å². The third-order valence-corrected chi connectivity index (χ3v) is 4.42. The first-order valence-electron chi connectivity index (χ1n) is 8.65. The van der Waals surface area contributed by atoms with Crippen LogP contribution in [0.5, 0.6) is 5.88 Å². The minimum absolute atomic E-state index is 0.108. The summed E-state index contributed by atoms with van der Waals surface area (Å²) in [6, 6.07) is 3.96. The topological polar surface area (TPSA) is 78.8 Å². The third-order valence-electron chi connectivity index (χ3n) is 3.74. The predicted octanol–water partition coefficient (Wildman–Crippen LogP) is 3.00. The van der Waals surface area contributed by atoms with E-state index in [4.69, 9.17) is 4.74 Å². The number of guanidine groups is 1. The zero-order valence-electron chi connectivity index (χ0n) is 15.6. The molecule has 0 aliphatic rings. The summed E-state index contributed by atoms with van der Waals surface area (Å²) in [4.78, 5) is 8.02. The standard InChI is InChI=1S/C18H23F3N4O2S/c1-3-22-16(25-12-17(2,26)14-6-9-28-11-14)23-7-8-27-15-5-4-13(10-24-15)18(19,20)21/h4-6,9-11,26H,3,7-8,12H2,1-2H3,(H2,22,23,25). The van der Waals surface area contributed by atoms with Crippen LogP contribution in [-0.2, 0) is 11.8 Å². The number of halogens is 3. The molecule has 2 aromatic rings. The summed E-state index contributed by atoms with van der Waals surface area (Å²) in [5, 5.41) is 20.4. The van der Waals surface area contributed by atoms with Gasteiger partial charge in [0.1, 0.15) is 12.2 Å². The van der Waals surface area contributed by atoms with Gasteiger partial charge in [0.05, 0.1) is 18.7 Å². The molecule has 0 aromatic carbocycles. The summed E-state index contributed by atoms with van der Waals surface area (Å²) < 4.78 is 42.9. The predicted molar refractivity (Wildman–Crippen MR) is 103 cm³/mol. The molecule has 6 nitrogen and oxygen atoms in total. The highest BCUT2D eigenvalue weighted by atomic mass is 32.1. The maximum atomic E-state index is 12.5. The van der Waals surface area contributed by atoms with E-state index in [0.29, 0.717) is 19.0 Å². The zero-order chi connectivity index (χ0) is 20.6. The van der Waals surface area contributed by atoms with Gasteiger partial charge in [-0.3, -0.25) is 0 Å². The van der Waals surface area contributed by atoms with Crippen LogP contribution >= 0.6 is 11.3 Å². The molecule has 2 aromatic heterocycles. The van der Waals surface area contributed by atoms with Crippen LogP contribution in [-0.4, -0.2) is 42.3 Å². The van der Waals surface area contributed by atoms with Gasteiger partial charge in [-0.15, -0.1) is 0 Å². The zero-order valence-corrected chi connectivity index (χ0v) is 16.4. The summed E-state index contributed by atoms with van der Waals surface area (Å²) in [5.74, 6) is 0.610. The van der Waals surface area contributed by atoms with Gasteiger partial charge in [0.2, 0.25) is 5.88 Å². The quantitative estimate of drug-likeness (QED) is 0.350. The molecule has 0 aliphatic carbocycles. The van der Waals surface area contributed by atoms with Crippen LogP contribution in [0.15, 0.2) is 40.1 Å². The van der Waals surface area contributed by atoms with Crippen LogP contribution in [0.3, 0.4) is 0 Å². The Morgan fingerprint density at radius 1 is 1.25 bits per heavy atom. The summed E-state index contributed by atoms with van der Waals surface area (Å²) >= 11 is 1.50. The minimum atomic E-state index is -4.42. The highest BCUT2D eigenvalue weighted by molar-refractivity contribution is 7.08. The largest absolute Gasteiger partial charge is 0.476 e. The van der Waals surface area contributed by atoms with Crippen LogP contribution < -0.4 is 15.4 Å². The molecular formula is C18H23F3N4O2S. The van der Waals surface area contributed by atoms with Gasteiger partial charge in [-0.25, -0.2) is 9.98 Å². The lowest BCUT2D eigenvalue weighted by Gasteiger charge is -2.21. The van der Waals surface area contributed by atoms with Gasteiger partial charge in [0, 0.05) is 18.8 Å². The first-order chi connectivity index (χ1) is 13.2. The molecule has 0 amide bonds. The van der Waals surface area contributed by atoms with Crippen molar-refractivity contribution in [1.82, 2.24) is 15.6 Å². The molecule has 2 rings (SSSR count). The normalized spacial score (nSPS) is 14.4. The molecule has 154 valence electrons. The van der Waals surface area contributed by atoms with Crippen molar-refractivity contribution in [1.29, 1.82) is 0 Å². The highest BCUT2D eigenvalue weighted by Gasteiger charge is 2.30. The van der Waals surface area contributed by atoms with E-state index in [-0.39, 0.29) is 19.0 Å². The van der Waals surface area contributed by atoms with Gasteiger partial charge in [0.25, 0.3) is 0 Å². The molecule has 0 saturated carbocycles. The molecule has 28 heavy (non-hydrogen) atoms. The van der Waals surface area contributed by atoms with E-state index in [1.807, 2.05) is 23.8 Å². The van der Waals surface area contributed by atoms with Crippen molar-refractivity contribution in [3.63, 3.8) is 0 Å². The maximum Gasteiger partial charge on any atom is 0.417 e. The Kier molecular flexibility index (Phi) is 7.64. The fourth-order valence-electron chi connectivity index (χ4n) is 2.20. The van der Waals surface area contributed by atoms with Gasteiger partial charge < -0.3 is 20.5 Å². The summed E-state index contributed by atoms with van der Waals surface area (Å²) in [5.41, 5.74) is -1.10. The van der Waals surface area contributed by atoms with Gasteiger partial charge in [-0.1, -0.05) is 0 Å². The number of aromatic nitrogens is 1. The van der Waals surface area contributed by atoms with E-state index in [1.165, 1.54) is 17.4 Å². The van der Waals surface area contributed by atoms with Crippen LogP contribution in [0.25, 0.3) is 0 Å². The molecule has 1 atom stereocenters. The number of aliphatic imine (C=N–C) groups is 1. The van der Waals surface area contributed by atoms with Gasteiger partial charge in [-0.2, -0.15) is 24.5 Å². The number of nitrogens with one attached hydrogen (secondary N) is 2. The van der Waals surface area contributed by atoms with Crippen molar-refractivity contribution < 1.29 is 23.0 Å². The third kappa shape index (κ3) is 6.68. The second kappa shape index (κ2) is 9.74. The van der Waals surface area contributed by atoms with Crippen molar-refractivity contribution >= 4 is 17.3 Å². The van der Waals surface area contributed by atoms with E-state index < -0.39 is 17.3 Å². The fourth-order valence-corrected chi connectivity index (χ4v) is 2.98. The van der Waals surface area contributed by atoms with Crippen LogP contribution in [0.4, 0.5) is 13.2 Å². The number of nitrogens with zero attached hydrogens (tertiary/aromatic N) is 2. The monoisotopic (exact) mass is 416 g/mol. The average molecular weight is 416 g/mol. The van der Waals surface area contributed by atoms with E-state index in [1.54, 1.807) is 6.92 Å². The molecule has 0 radical (unpaired) electrons. The van der Waals surface area contributed by atoms with E-state index in [2.05, 4.69) is 20.6 Å². The Hall–Kier alpha value is -2.33. The number of hydrogen-bond acceptors (Lipinski definition) is 5. The van der Waals surface area contributed by atoms with Crippen molar-refractivity contribution in [2.45, 2.75) is 25.6 Å². The van der Waals surface area contributed by atoms with Crippen LogP contribution in [0.2, 0.25) is 0 Å². The molecule has 1 unspecified atom stereocenters. The van der Waals surface area contributed by atoms with Gasteiger partial charge >= 0.3 is 6.18 Å².